The second-order valence-electron chi connectivity index (χ2n) is 6.45. The molecule has 1 aromatic heterocycles. The number of H-pyrrole nitrogens is 1. The first-order valence-corrected chi connectivity index (χ1v) is 8.64. The third-order valence-corrected chi connectivity index (χ3v) is 4.72. The van der Waals surface area contributed by atoms with Crippen LogP contribution in [0, 0.1) is 19.8 Å². The number of para-hydroxylation sites is 1. The lowest BCUT2D eigenvalue weighted by molar-refractivity contribution is -0.125. The van der Waals surface area contributed by atoms with Crippen LogP contribution in [0.15, 0.2) is 24.3 Å². The van der Waals surface area contributed by atoms with Crippen LogP contribution in [0.2, 0.25) is 0 Å². The lowest BCUT2D eigenvalue weighted by Crippen LogP contribution is -2.33. The predicted molar refractivity (Wildman–Crippen MR) is 93.1 cm³/mol. The average Bonchev–Trinajstić information content (AvgIpc) is 2.79. The highest BCUT2D eigenvalue weighted by molar-refractivity contribution is 5.79. The molecular weight excluding hydrogens is 302 g/mol. The first kappa shape index (κ1) is 16.6. The Kier molecular flexibility index (Phi) is 5.18. The molecule has 1 atom stereocenters. The number of hydrogen-bond donors (Lipinski definition) is 2. The maximum atomic E-state index is 12.5. The number of aromatic nitrogens is 2. The molecular formula is C19H25N3O2. The average molecular weight is 327 g/mol. The molecule has 0 saturated heterocycles. The third kappa shape index (κ3) is 3.78. The summed E-state index contributed by atoms with van der Waals surface area (Å²) >= 11 is 0. The number of ether oxygens (including phenoxy) is 1. The summed E-state index contributed by atoms with van der Waals surface area (Å²) in [6, 6.07) is 7.99. The maximum Gasteiger partial charge on any atom is 0.223 e. The van der Waals surface area contributed by atoms with Crippen LogP contribution in [0.4, 0.5) is 0 Å². The Labute approximate surface area is 142 Å². The highest BCUT2D eigenvalue weighted by Crippen LogP contribution is 2.26. The molecule has 0 unspecified atom stereocenters. The van der Waals surface area contributed by atoms with Gasteiger partial charge in [0.05, 0.1) is 12.3 Å². The molecule has 1 aliphatic rings. The first-order chi connectivity index (χ1) is 11.6. The molecule has 0 aliphatic carbocycles. The van der Waals surface area contributed by atoms with Crippen molar-refractivity contribution >= 4 is 5.91 Å². The van der Waals surface area contributed by atoms with E-state index in [1.54, 1.807) is 0 Å². The molecule has 5 nitrogen and oxygen atoms in total. The summed E-state index contributed by atoms with van der Waals surface area (Å²) < 4.78 is 5.74. The van der Waals surface area contributed by atoms with Gasteiger partial charge in [0.25, 0.3) is 0 Å². The van der Waals surface area contributed by atoms with E-state index in [2.05, 4.69) is 15.5 Å². The summed E-state index contributed by atoms with van der Waals surface area (Å²) in [5.74, 6) is 1.04. The topological polar surface area (TPSA) is 67.0 Å². The van der Waals surface area contributed by atoms with Crippen molar-refractivity contribution in [1.82, 2.24) is 15.5 Å². The minimum atomic E-state index is -0.00829. The lowest BCUT2D eigenvalue weighted by Gasteiger charge is -2.14. The Bertz CT molecular complexity index is 689. The van der Waals surface area contributed by atoms with E-state index in [0.717, 1.165) is 48.4 Å². The van der Waals surface area contributed by atoms with Gasteiger partial charge in [0.2, 0.25) is 5.91 Å². The van der Waals surface area contributed by atoms with Gasteiger partial charge in [-0.3, -0.25) is 9.89 Å². The number of rotatable bonds is 5. The van der Waals surface area contributed by atoms with Gasteiger partial charge in [0.1, 0.15) is 5.75 Å². The van der Waals surface area contributed by atoms with E-state index >= 15 is 0 Å². The van der Waals surface area contributed by atoms with Crippen molar-refractivity contribution in [3.63, 3.8) is 0 Å². The van der Waals surface area contributed by atoms with Crippen molar-refractivity contribution in [2.45, 2.75) is 39.5 Å². The molecule has 5 heteroatoms. The minimum Gasteiger partial charge on any atom is -0.493 e. The van der Waals surface area contributed by atoms with E-state index in [0.29, 0.717) is 13.2 Å². The monoisotopic (exact) mass is 327 g/mol. The molecule has 2 aromatic rings. The van der Waals surface area contributed by atoms with Gasteiger partial charge in [-0.1, -0.05) is 18.2 Å². The largest absolute Gasteiger partial charge is 0.493 e. The molecule has 1 amide bonds. The molecule has 3 rings (SSSR count). The van der Waals surface area contributed by atoms with E-state index in [4.69, 9.17) is 4.74 Å². The van der Waals surface area contributed by atoms with Crippen molar-refractivity contribution in [2.24, 2.45) is 5.92 Å². The van der Waals surface area contributed by atoms with Gasteiger partial charge in [-0.15, -0.1) is 0 Å². The Balaban J connectivity index is 1.49. The van der Waals surface area contributed by atoms with Crippen molar-refractivity contribution < 1.29 is 9.53 Å². The molecule has 1 aliphatic heterocycles. The van der Waals surface area contributed by atoms with Crippen LogP contribution >= 0.6 is 0 Å². The van der Waals surface area contributed by atoms with Gasteiger partial charge in [-0.05, 0) is 56.7 Å². The second kappa shape index (κ2) is 7.51. The smallest absolute Gasteiger partial charge is 0.223 e. The van der Waals surface area contributed by atoms with Crippen LogP contribution in [0.3, 0.4) is 0 Å². The number of nitrogens with zero attached hydrogens (tertiary/aromatic N) is 1. The summed E-state index contributed by atoms with van der Waals surface area (Å²) in [6.07, 6.45) is 3.38. The molecule has 2 N–H and O–H groups in total. The number of benzene rings is 1. The van der Waals surface area contributed by atoms with Gasteiger partial charge in [0.15, 0.2) is 0 Å². The molecule has 24 heavy (non-hydrogen) atoms. The summed E-state index contributed by atoms with van der Waals surface area (Å²) in [4.78, 5) is 12.5. The van der Waals surface area contributed by atoms with Gasteiger partial charge >= 0.3 is 0 Å². The molecule has 0 fully saturated rings. The molecule has 0 saturated carbocycles. The number of fused-ring (bicyclic) bond motifs is 1. The molecule has 2 heterocycles. The zero-order valence-corrected chi connectivity index (χ0v) is 14.4. The third-order valence-electron chi connectivity index (χ3n) is 4.72. The molecule has 0 radical (unpaired) electrons. The Hall–Kier alpha value is -2.30. The van der Waals surface area contributed by atoms with E-state index in [9.17, 15) is 4.79 Å². The standard InChI is InChI=1S/C19H25N3O2/c1-13-17(14(2)22-21-13)7-5-10-20-19(23)16-9-11-24-18-8-4-3-6-15(18)12-16/h3-4,6,8,16H,5,7,9-12H2,1-2H3,(H,20,23)(H,21,22)/t16-/m0/s1. The van der Waals surface area contributed by atoms with Gasteiger partial charge in [-0.25, -0.2) is 0 Å². The van der Waals surface area contributed by atoms with Crippen molar-refractivity contribution in [3.8, 4) is 5.75 Å². The van der Waals surface area contributed by atoms with Crippen molar-refractivity contribution in [1.29, 1.82) is 0 Å². The van der Waals surface area contributed by atoms with Crippen molar-refractivity contribution in [2.75, 3.05) is 13.2 Å². The SMILES string of the molecule is Cc1n[nH]c(C)c1CCCNC(=O)[C@H]1CCOc2ccccc2C1. The van der Waals surface area contributed by atoms with Crippen LogP contribution in [-0.2, 0) is 17.6 Å². The number of carbonyl (C=O) groups excluding carboxylic acids is 1. The number of nitrogens with one attached hydrogen (secondary N) is 2. The van der Waals surface area contributed by atoms with Gasteiger partial charge in [-0.2, -0.15) is 5.10 Å². The summed E-state index contributed by atoms with van der Waals surface area (Å²) in [6.45, 7) is 5.35. The second-order valence-corrected chi connectivity index (χ2v) is 6.45. The zero-order chi connectivity index (χ0) is 16.9. The van der Waals surface area contributed by atoms with Crippen LogP contribution < -0.4 is 10.1 Å². The number of aromatic amines is 1. The fourth-order valence-electron chi connectivity index (χ4n) is 3.28. The summed E-state index contributed by atoms with van der Waals surface area (Å²) in [7, 11) is 0. The highest BCUT2D eigenvalue weighted by Gasteiger charge is 2.23. The number of hydrogen-bond acceptors (Lipinski definition) is 3. The van der Waals surface area contributed by atoms with Gasteiger partial charge < -0.3 is 10.1 Å². The molecule has 128 valence electrons. The number of aryl methyl sites for hydroxylation is 2. The van der Waals surface area contributed by atoms with E-state index in [-0.39, 0.29) is 11.8 Å². The predicted octanol–water partition coefficient (Wildman–Crippen LogP) is 2.72. The Morgan fingerprint density at radius 2 is 2.21 bits per heavy atom. The Morgan fingerprint density at radius 1 is 1.38 bits per heavy atom. The number of carbonyl (C=O) groups is 1. The van der Waals surface area contributed by atoms with Crippen LogP contribution in [0.1, 0.15) is 35.4 Å². The normalized spacial score (nSPS) is 16.8. The summed E-state index contributed by atoms with van der Waals surface area (Å²) in [5, 5.41) is 10.3. The van der Waals surface area contributed by atoms with Crippen LogP contribution in [-0.4, -0.2) is 29.3 Å². The highest BCUT2D eigenvalue weighted by atomic mass is 16.5. The minimum absolute atomic E-state index is 0.00829. The van der Waals surface area contributed by atoms with Crippen LogP contribution in [0.5, 0.6) is 5.75 Å². The maximum absolute atomic E-state index is 12.5. The fraction of sp³-hybridized carbons (Fsp3) is 0.474. The molecule has 1 aromatic carbocycles. The van der Waals surface area contributed by atoms with E-state index < -0.39 is 0 Å². The summed E-state index contributed by atoms with van der Waals surface area (Å²) in [5.41, 5.74) is 4.56. The molecule has 0 bridgehead atoms. The fourth-order valence-corrected chi connectivity index (χ4v) is 3.28. The van der Waals surface area contributed by atoms with Gasteiger partial charge in [0, 0.05) is 18.2 Å². The zero-order valence-electron chi connectivity index (χ0n) is 14.4. The quantitative estimate of drug-likeness (QED) is 0.830. The molecule has 0 spiro atoms. The Morgan fingerprint density at radius 3 is 3.00 bits per heavy atom. The van der Waals surface area contributed by atoms with E-state index in [1.165, 1.54) is 5.56 Å². The first-order valence-electron chi connectivity index (χ1n) is 8.64. The van der Waals surface area contributed by atoms with Crippen LogP contribution in [0.25, 0.3) is 0 Å². The van der Waals surface area contributed by atoms with Crippen molar-refractivity contribution in [3.05, 3.63) is 46.8 Å². The lowest BCUT2D eigenvalue weighted by atomic mass is 9.96. The number of amides is 1. The van der Waals surface area contributed by atoms with E-state index in [1.807, 2.05) is 38.1 Å².